The number of nitrogens with two attached hydrogens (primary N) is 1. The Hall–Kier alpha value is -1.98. The number of ether oxygens (including phenoxy) is 1. The SMILES string of the molecule is Nc1nc(-c2ccc3c(c2)COC3)nc2ccc(Br)cc12. The first kappa shape index (κ1) is 12.7. The van der Waals surface area contributed by atoms with E-state index >= 15 is 0 Å². The van der Waals surface area contributed by atoms with Crippen LogP contribution in [0.1, 0.15) is 11.1 Å². The van der Waals surface area contributed by atoms with E-state index < -0.39 is 0 Å². The molecule has 2 heterocycles. The third kappa shape index (κ3) is 2.18. The van der Waals surface area contributed by atoms with Crippen LogP contribution in [0.15, 0.2) is 40.9 Å². The monoisotopic (exact) mass is 341 g/mol. The van der Waals surface area contributed by atoms with Crippen LogP contribution in [0.2, 0.25) is 0 Å². The summed E-state index contributed by atoms with van der Waals surface area (Å²) in [6.45, 7) is 1.34. The summed E-state index contributed by atoms with van der Waals surface area (Å²) in [6, 6.07) is 12.0. The molecule has 2 N–H and O–H groups in total. The van der Waals surface area contributed by atoms with Crippen LogP contribution in [0.3, 0.4) is 0 Å². The highest BCUT2D eigenvalue weighted by Crippen LogP contribution is 2.28. The number of fused-ring (bicyclic) bond motifs is 2. The predicted molar refractivity (Wildman–Crippen MR) is 85.6 cm³/mol. The zero-order chi connectivity index (χ0) is 14.4. The standard InChI is InChI=1S/C16H12BrN3O/c17-12-3-4-14-13(6-12)15(18)20-16(19-14)9-1-2-10-7-21-8-11(10)5-9/h1-6H,7-8H2,(H2,18,19,20). The molecule has 0 bridgehead atoms. The number of hydrogen-bond donors (Lipinski definition) is 1. The largest absolute Gasteiger partial charge is 0.383 e. The van der Waals surface area contributed by atoms with E-state index in [9.17, 15) is 0 Å². The smallest absolute Gasteiger partial charge is 0.162 e. The molecular formula is C16H12BrN3O. The molecule has 1 aromatic heterocycles. The van der Waals surface area contributed by atoms with Crippen LogP contribution in [-0.2, 0) is 18.0 Å². The summed E-state index contributed by atoms with van der Waals surface area (Å²) in [4.78, 5) is 9.06. The molecule has 0 amide bonds. The van der Waals surface area contributed by atoms with Crippen LogP contribution >= 0.6 is 15.9 Å². The summed E-state index contributed by atoms with van der Waals surface area (Å²) in [6.07, 6.45) is 0. The fourth-order valence-corrected chi connectivity index (χ4v) is 2.93. The molecule has 0 aliphatic carbocycles. The number of nitrogens with zero attached hydrogens (tertiary/aromatic N) is 2. The minimum atomic E-state index is 0.494. The average Bonchev–Trinajstić information content (AvgIpc) is 2.95. The number of hydrogen-bond acceptors (Lipinski definition) is 4. The van der Waals surface area contributed by atoms with Gasteiger partial charge in [0.1, 0.15) is 5.82 Å². The van der Waals surface area contributed by atoms with Gasteiger partial charge in [-0.1, -0.05) is 28.1 Å². The summed E-state index contributed by atoms with van der Waals surface area (Å²) in [5, 5.41) is 0.859. The van der Waals surface area contributed by atoms with Gasteiger partial charge in [-0.25, -0.2) is 9.97 Å². The second-order valence-electron chi connectivity index (χ2n) is 5.07. The van der Waals surface area contributed by atoms with Crippen molar-refractivity contribution >= 4 is 32.7 Å². The lowest BCUT2D eigenvalue weighted by Crippen LogP contribution is -1.98. The summed E-state index contributed by atoms with van der Waals surface area (Å²) in [5.74, 6) is 1.14. The highest BCUT2D eigenvalue weighted by atomic mass is 79.9. The lowest BCUT2D eigenvalue weighted by Gasteiger charge is -2.07. The van der Waals surface area contributed by atoms with Gasteiger partial charge in [0.05, 0.1) is 18.7 Å². The highest BCUT2D eigenvalue weighted by Gasteiger charge is 2.14. The molecule has 2 aromatic carbocycles. The van der Waals surface area contributed by atoms with Gasteiger partial charge in [0.2, 0.25) is 0 Å². The van der Waals surface area contributed by atoms with Gasteiger partial charge in [-0.3, -0.25) is 0 Å². The lowest BCUT2D eigenvalue weighted by atomic mass is 10.1. The van der Waals surface area contributed by atoms with Crippen LogP contribution in [0.4, 0.5) is 5.82 Å². The van der Waals surface area contributed by atoms with Crippen LogP contribution < -0.4 is 5.73 Å². The molecule has 0 saturated heterocycles. The van der Waals surface area contributed by atoms with E-state index in [2.05, 4.69) is 38.0 Å². The minimum absolute atomic E-state index is 0.494. The van der Waals surface area contributed by atoms with Crippen molar-refractivity contribution in [3.63, 3.8) is 0 Å². The first-order chi connectivity index (χ1) is 10.2. The molecule has 5 heteroatoms. The van der Waals surface area contributed by atoms with Crippen molar-refractivity contribution < 1.29 is 4.74 Å². The maximum atomic E-state index is 6.08. The quantitative estimate of drug-likeness (QED) is 0.733. The second kappa shape index (κ2) is 4.79. The molecule has 0 saturated carbocycles. The Kier molecular flexibility index (Phi) is 2.90. The summed E-state index contributed by atoms with van der Waals surface area (Å²) >= 11 is 3.44. The number of aromatic nitrogens is 2. The van der Waals surface area contributed by atoms with Gasteiger partial charge >= 0.3 is 0 Å². The number of nitrogen functional groups attached to an aromatic ring is 1. The zero-order valence-electron chi connectivity index (χ0n) is 11.1. The van der Waals surface area contributed by atoms with Crippen molar-refractivity contribution in [3.05, 3.63) is 52.0 Å². The maximum absolute atomic E-state index is 6.08. The summed E-state index contributed by atoms with van der Waals surface area (Å²) < 4.78 is 6.41. The predicted octanol–water partition coefficient (Wildman–Crippen LogP) is 3.67. The van der Waals surface area contributed by atoms with Crippen molar-refractivity contribution in [1.82, 2.24) is 9.97 Å². The molecule has 4 rings (SSSR count). The first-order valence-corrected chi connectivity index (χ1v) is 7.43. The topological polar surface area (TPSA) is 61.0 Å². The Balaban J connectivity index is 1.89. The van der Waals surface area contributed by atoms with Gasteiger partial charge in [-0.15, -0.1) is 0 Å². The van der Waals surface area contributed by atoms with E-state index in [1.807, 2.05) is 24.3 Å². The van der Waals surface area contributed by atoms with Crippen LogP contribution in [-0.4, -0.2) is 9.97 Å². The molecule has 0 fully saturated rings. The van der Waals surface area contributed by atoms with E-state index in [0.717, 1.165) is 20.9 Å². The third-order valence-corrected chi connectivity index (χ3v) is 4.16. The van der Waals surface area contributed by atoms with Crippen molar-refractivity contribution in [2.24, 2.45) is 0 Å². The van der Waals surface area contributed by atoms with Gasteiger partial charge < -0.3 is 10.5 Å². The molecule has 1 aliphatic heterocycles. The molecule has 0 unspecified atom stereocenters. The van der Waals surface area contributed by atoms with Gasteiger partial charge in [0, 0.05) is 15.4 Å². The normalized spacial score (nSPS) is 13.6. The second-order valence-corrected chi connectivity index (χ2v) is 5.99. The number of halogens is 1. The maximum Gasteiger partial charge on any atom is 0.162 e. The Morgan fingerprint density at radius 2 is 1.86 bits per heavy atom. The number of anilines is 1. The van der Waals surface area contributed by atoms with Crippen molar-refractivity contribution in [2.45, 2.75) is 13.2 Å². The molecule has 4 nitrogen and oxygen atoms in total. The Bertz CT molecular complexity index is 864. The Labute approximate surface area is 130 Å². The van der Waals surface area contributed by atoms with E-state index in [1.165, 1.54) is 11.1 Å². The molecule has 21 heavy (non-hydrogen) atoms. The van der Waals surface area contributed by atoms with E-state index in [-0.39, 0.29) is 0 Å². The molecular weight excluding hydrogens is 330 g/mol. The van der Waals surface area contributed by atoms with Gasteiger partial charge in [0.25, 0.3) is 0 Å². The van der Waals surface area contributed by atoms with Crippen LogP contribution in [0.5, 0.6) is 0 Å². The molecule has 3 aromatic rings. The summed E-state index contributed by atoms with van der Waals surface area (Å²) in [5.41, 5.74) is 10.3. The Morgan fingerprint density at radius 1 is 1.00 bits per heavy atom. The fraction of sp³-hybridized carbons (Fsp3) is 0.125. The van der Waals surface area contributed by atoms with E-state index in [1.54, 1.807) is 0 Å². The number of benzene rings is 2. The van der Waals surface area contributed by atoms with Crippen molar-refractivity contribution in [3.8, 4) is 11.4 Å². The fourth-order valence-electron chi connectivity index (χ4n) is 2.56. The molecule has 0 radical (unpaired) electrons. The van der Waals surface area contributed by atoms with Crippen LogP contribution in [0.25, 0.3) is 22.3 Å². The molecule has 0 atom stereocenters. The van der Waals surface area contributed by atoms with Gasteiger partial charge in [0.15, 0.2) is 5.82 Å². The summed E-state index contributed by atoms with van der Waals surface area (Å²) in [7, 11) is 0. The van der Waals surface area contributed by atoms with E-state index in [0.29, 0.717) is 24.9 Å². The van der Waals surface area contributed by atoms with Gasteiger partial charge in [-0.05, 0) is 35.4 Å². The average molecular weight is 342 g/mol. The zero-order valence-corrected chi connectivity index (χ0v) is 12.7. The van der Waals surface area contributed by atoms with E-state index in [4.69, 9.17) is 10.5 Å². The third-order valence-electron chi connectivity index (χ3n) is 3.67. The minimum Gasteiger partial charge on any atom is -0.383 e. The first-order valence-electron chi connectivity index (χ1n) is 6.63. The van der Waals surface area contributed by atoms with Gasteiger partial charge in [-0.2, -0.15) is 0 Å². The number of rotatable bonds is 1. The molecule has 1 aliphatic rings. The Morgan fingerprint density at radius 3 is 2.76 bits per heavy atom. The molecule has 0 spiro atoms. The lowest BCUT2D eigenvalue weighted by molar-refractivity contribution is 0.134. The van der Waals surface area contributed by atoms with Crippen LogP contribution in [0, 0.1) is 0 Å². The van der Waals surface area contributed by atoms with Crippen molar-refractivity contribution in [1.29, 1.82) is 0 Å². The van der Waals surface area contributed by atoms with Crippen molar-refractivity contribution in [2.75, 3.05) is 5.73 Å². The molecule has 104 valence electrons. The highest BCUT2D eigenvalue weighted by molar-refractivity contribution is 9.10.